The van der Waals surface area contributed by atoms with Crippen molar-refractivity contribution in [1.82, 2.24) is 9.88 Å². The van der Waals surface area contributed by atoms with Crippen molar-refractivity contribution < 1.29 is 14.3 Å². The summed E-state index contributed by atoms with van der Waals surface area (Å²) in [6.07, 6.45) is 3.05. The number of aryl methyl sites for hydroxylation is 1. The summed E-state index contributed by atoms with van der Waals surface area (Å²) >= 11 is 0. The number of hydrogen-bond donors (Lipinski definition) is 1. The van der Waals surface area contributed by atoms with Gasteiger partial charge in [0.25, 0.3) is 0 Å². The molecule has 3 aromatic rings. The molecule has 2 aliphatic heterocycles. The van der Waals surface area contributed by atoms with Crippen molar-refractivity contribution in [2.45, 2.75) is 32.2 Å². The first-order chi connectivity index (χ1) is 14.2. The van der Waals surface area contributed by atoms with Gasteiger partial charge in [0.05, 0.1) is 19.8 Å². The molecule has 0 amide bonds. The number of hydrogen-bond acceptors (Lipinski definition) is 4. The molecule has 0 bridgehead atoms. The molecule has 5 rings (SSSR count). The number of para-hydroxylation sites is 1. The highest BCUT2D eigenvalue weighted by atomic mass is 16.5. The van der Waals surface area contributed by atoms with E-state index in [1.165, 1.54) is 5.56 Å². The Morgan fingerprint density at radius 2 is 1.93 bits per heavy atom. The molecule has 0 aliphatic carbocycles. The van der Waals surface area contributed by atoms with Crippen LogP contribution in [0, 0.1) is 6.92 Å². The third-order valence-electron chi connectivity index (χ3n) is 6.04. The van der Waals surface area contributed by atoms with Crippen molar-refractivity contribution in [2.75, 3.05) is 26.3 Å². The van der Waals surface area contributed by atoms with E-state index in [0.29, 0.717) is 19.8 Å². The van der Waals surface area contributed by atoms with E-state index in [4.69, 9.17) is 9.47 Å². The first-order valence-electron chi connectivity index (χ1n) is 10.4. The Kier molecular flexibility index (Phi) is 4.76. The molecule has 3 heterocycles. The molecule has 1 unspecified atom stereocenters. The van der Waals surface area contributed by atoms with Crippen LogP contribution in [0.1, 0.15) is 46.9 Å². The third kappa shape index (κ3) is 3.40. The number of ether oxygens (including phenoxy) is 2. The predicted octanol–water partition coefficient (Wildman–Crippen LogP) is 4.66. The molecule has 1 saturated heterocycles. The number of nitrogens with zero attached hydrogens (tertiary/aromatic N) is 1. The summed E-state index contributed by atoms with van der Waals surface area (Å²) in [5.41, 5.74) is 4.00. The fourth-order valence-corrected chi connectivity index (χ4v) is 4.68. The van der Waals surface area contributed by atoms with Crippen LogP contribution in [0.3, 0.4) is 0 Å². The Bertz CT molecular complexity index is 1060. The molecular weight excluding hydrogens is 364 g/mol. The van der Waals surface area contributed by atoms with Gasteiger partial charge in [0.1, 0.15) is 0 Å². The Morgan fingerprint density at radius 1 is 1.10 bits per heavy atom. The summed E-state index contributed by atoms with van der Waals surface area (Å²) in [6, 6.07) is 14.5. The highest BCUT2D eigenvalue weighted by Crippen LogP contribution is 2.38. The lowest BCUT2D eigenvalue weighted by atomic mass is 10.0. The van der Waals surface area contributed by atoms with Crippen LogP contribution in [0.15, 0.2) is 42.5 Å². The number of nitrogens with one attached hydrogen (secondary N) is 1. The lowest BCUT2D eigenvalue weighted by Crippen LogP contribution is -2.29. The van der Waals surface area contributed by atoms with Gasteiger partial charge >= 0.3 is 0 Å². The Labute approximate surface area is 170 Å². The van der Waals surface area contributed by atoms with Gasteiger partial charge in [-0.05, 0) is 50.1 Å². The van der Waals surface area contributed by atoms with Gasteiger partial charge in [0.15, 0.2) is 17.3 Å². The van der Waals surface area contributed by atoms with Gasteiger partial charge in [0.2, 0.25) is 0 Å². The standard InChI is InChI=1S/C24H26N2O3/c1-16-24(18-6-2-3-7-19(18)25-16)21(27)15-26-11-4-8-20(26)17-9-10-22-23(14-17)29-13-5-12-28-22/h2-3,6-7,9-10,14,20,25H,4-5,8,11-13,15H2,1H3. The van der Waals surface area contributed by atoms with E-state index in [-0.39, 0.29) is 11.8 Å². The van der Waals surface area contributed by atoms with Crippen LogP contribution in [0.5, 0.6) is 11.5 Å². The Hall–Kier alpha value is -2.79. The second-order valence-electron chi connectivity index (χ2n) is 7.98. The number of benzene rings is 2. The predicted molar refractivity (Wildman–Crippen MR) is 113 cm³/mol. The number of aromatic nitrogens is 1. The number of fused-ring (bicyclic) bond motifs is 2. The van der Waals surface area contributed by atoms with E-state index >= 15 is 0 Å². The molecule has 0 spiro atoms. The van der Waals surface area contributed by atoms with Crippen LogP contribution >= 0.6 is 0 Å². The van der Waals surface area contributed by atoms with Gasteiger partial charge in [-0.25, -0.2) is 0 Å². The summed E-state index contributed by atoms with van der Waals surface area (Å²) in [5, 5.41) is 1.02. The van der Waals surface area contributed by atoms with E-state index < -0.39 is 0 Å². The zero-order valence-corrected chi connectivity index (χ0v) is 16.7. The van der Waals surface area contributed by atoms with E-state index in [1.807, 2.05) is 37.3 Å². The molecule has 1 N–H and O–H groups in total. The minimum absolute atomic E-state index is 0.182. The first-order valence-corrected chi connectivity index (χ1v) is 10.4. The maximum atomic E-state index is 13.2. The van der Waals surface area contributed by atoms with Crippen molar-refractivity contribution in [2.24, 2.45) is 0 Å². The zero-order chi connectivity index (χ0) is 19.8. The van der Waals surface area contributed by atoms with Crippen molar-refractivity contribution in [3.8, 4) is 11.5 Å². The van der Waals surface area contributed by atoms with Gasteiger partial charge < -0.3 is 14.5 Å². The molecule has 2 aromatic carbocycles. The second-order valence-corrected chi connectivity index (χ2v) is 7.98. The fourth-order valence-electron chi connectivity index (χ4n) is 4.68. The van der Waals surface area contributed by atoms with Crippen LogP contribution in [0.25, 0.3) is 10.9 Å². The summed E-state index contributed by atoms with van der Waals surface area (Å²) < 4.78 is 11.6. The minimum atomic E-state index is 0.182. The summed E-state index contributed by atoms with van der Waals surface area (Å²) in [6.45, 7) is 4.73. The fraction of sp³-hybridized carbons (Fsp3) is 0.375. The molecule has 1 atom stereocenters. The van der Waals surface area contributed by atoms with E-state index in [2.05, 4.69) is 22.0 Å². The average Bonchev–Trinajstić information content (AvgIpc) is 3.23. The number of likely N-dealkylation sites (tertiary alicyclic amines) is 1. The van der Waals surface area contributed by atoms with E-state index in [1.54, 1.807) is 0 Å². The number of rotatable bonds is 4. The minimum Gasteiger partial charge on any atom is -0.490 e. The quantitative estimate of drug-likeness (QED) is 0.659. The highest BCUT2D eigenvalue weighted by Gasteiger charge is 2.30. The molecule has 1 fully saturated rings. The number of Topliss-reactive ketones (excluding diaryl/α,β-unsaturated/α-hetero) is 1. The van der Waals surface area contributed by atoms with Crippen LogP contribution in [0.2, 0.25) is 0 Å². The maximum Gasteiger partial charge on any atom is 0.179 e. The molecule has 5 nitrogen and oxygen atoms in total. The lowest BCUT2D eigenvalue weighted by molar-refractivity contribution is 0.0922. The number of carbonyl (C=O) groups is 1. The average molecular weight is 390 g/mol. The number of carbonyl (C=O) groups excluding carboxylic acids is 1. The van der Waals surface area contributed by atoms with Crippen LogP contribution < -0.4 is 9.47 Å². The maximum absolute atomic E-state index is 13.2. The lowest BCUT2D eigenvalue weighted by Gasteiger charge is -2.25. The van der Waals surface area contributed by atoms with Crippen molar-refractivity contribution in [1.29, 1.82) is 0 Å². The van der Waals surface area contributed by atoms with Gasteiger partial charge in [0, 0.05) is 34.6 Å². The number of H-pyrrole nitrogens is 1. The highest BCUT2D eigenvalue weighted by molar-refractivity contribution is 6.10. The molecular formula is C24H26N2O3. The molecule has 0 radical (unpaired) electrons. The SMILES string of the molecule is Cc1[nH]c2ccccc2c1C(=O)CN1CCCC1c1ccc2c(c1)OCCCO2. The van der Waals surface area contributed by atoms with Crippen LogP contribution in [0.4, 0.5) is 0 Å². The summed E-state index contributed by atoms with van der Waals surface area (Å²) in [7, 11) is 0. The Balaban J connectivity index is 1.39. The second kappa shape index (κ2) is 7.56. The van der Waals surface area contributed by atoms with Gasteiger partial charge in [-0.2, -0.15) is 0 Å². The Morgan fingerprint density at radius 3 is 2.83 bits per heavy atom. The van der Waals surface area contributed by atoms with Crippen LogP contribution in [-0.4, -0.2) is 42.0 Å². The van der Waals surface area contributed by atoms with Crippen molar-refractivity contribution in [3.05, 3.63) is 59.3 Å². The first kappa shape index (κ1) is 18.3. The molecule has 150 valence electrons. The monoisotopic (exact) mass is 390 g/mol. The summed E-state index contributed by atoms with van der Waals surface area (Å²) in [5.74, 6) is 1.83. The smallest absolute Gasteiger partial charge is 0.179 e. The zero-order valence-electron chi connectivity index (χ0n) is 16.7. The van der Waals surface area contributed by atoms with Gasteiger partial charge in [-0.1, -0.05) is 24.3 Å². The molecule has 0 saturated carbocycles. The van der Waals surface area contributed by atoms with E-state index in [9.17, 15) is 4.79 Å². The number of ketones is 1. The molecule has 5 heteroatoms. The van der Waals surface area contributed by atoms with E-state index in [0.717, 1.165) is 59.5 Å². The van der Waals surface area contributed by atoms with Gasteiger partial charge in [-0.3, -0.25) is 9.69 Å². The number of aromatic amines is 1. The summed E-state index contributed by atoms with van der Waals surface area (Å²) in [4.78, 5) is 18.9. The third-order valence-corrected chi connectivity index (χ3v) is 6.04. The molecule has 29 heavy (non-hydrogen) atoms. The largest absolute Gasteiger partial charge is 0.490 e. The normalized spacial score (nSPS) is 19.4. The van der Waals surface area contributed by atoms with Crippen molar-refractivity contribution in [3.63, 3.8) is 0 Å². The molecule has 1 aromatic heterocycles. The van der Waals surface area contributed by atoms with Crippen molar-refractivity contribution >= 4 is 16.7 Å². The topological polar surface area (TPSA) is 54.6 Å². The van der Waals surface area contributed by atoms with Gasteiger partial charge in [-0.15, -0.1) is 0 Å². The molecule has 2 aliphatic rings. The van der Waals surface area contributed by atoms with Crippen LogP contribution in [-0.2, 0) is 0 Å².